The molecule has 0 aliphatic rings. The highest BCUT2D eigenvalue weighted by Crippen LogP contribution is 2.24. The van der Waals surface area contributed by atoms with Crippen molar-refractivity contribution in [2.24, 2.45) is 7.05 Å². The molecule has 4 rings (SSSR count). The molecule has 0 spiro atoms. The van der Waals surface area contributed by atoms with Crippen LogP contribution in [0, 0.1) is 13.8 Å². The molecule has 0 radical (unpaired) electrons. The van der Waals surface area contributed by atoms with Crippen LogP contribution in [0.1, 0.15) is 35.3 Å². The highest BCUT2D eigenvalue weighted by molar-refractivity contribution is 6.06. The van der Waals surface area contributed by atoms with Crippen molar-refractivity contribution in [2.45, 2.75) is 27.7 Å². The molecule has 8 nitrogen and oxygen atoms in total. The van der Waals surface area contributed by atoms with Gasteiger partial charge in [0.2, 0.25) is 5.95 Å². The van der Waals surface area contributed by atoms with Crippen LogP contribution < -0.4 is 10.2 Å². The number of carbonyl (C=O) groups excluding carboxylic acids is 1. The maximum atomic E-state index is 13.7. The van der Waals surface area contributed by atoms with Crippen molar-refractivity contribution < 1.29 is 4.79 Å². The third kappa shape index (κ3) is 6.21. The highest BCUT2D eigenvalue weighted by Gasteiger charge is 2.20. The van der Waals surface area contributed by atoms with Crippen LogP contribution in [0.15, 0.2) is 67.1 Å². The van der Waals surface area contributed by atoms with Crippen molar-refractivity contribution in [3.05, 3.63) is 83.8 Å². The molecule has 0 saturated heterocycles. The number of likely N-dealkylation sites (N-methyl/N-ethyl adjacent to an activating group) is 1. The number of nitrogens with one attached hydrogen (secondary N) is 1. The monoisotopic (exact) mass is 497 g/mol. The summed E-state index contributed by atoms with van der Waals surface area (Å²) in [5.41, 5.74) is 6.21. The summed E-state index contributed by atoms with van der Waals surface area (Å²) in [6.07, 6.45) is 5.52. The second kappa shape index (κ2) is 11.8. The summed E-state index contributed by atoms with van der Waals surface area (Å²) < 4.78 is 1.75. The quantitative estimate of drug-likeness (QED) is 0.323. The first-order valence-electron chi connectivity index (χ1n) is 12.7. The minimum Gasteiger partial charge on any atom is -0.324 e. The Kier molecular flexibility index (Phi) is 8.30. The minimum atomic E-state index is -0.0153. The molecule has 2 aromatic carbocycles. The molecular formula is C29H35N7O. The lowest BCUT2D eigenvalue weighted by Gasteiger charge is -2.28. The Morgan fingerprint density at radius 1 is 0.946 bits per heavy atom. The van der Waals surface area contributed by atoms with Gasteiger partial charge in [-0.2, -0.15) is 5.10 Å². The summed E-state index contributed by atoms with van der Waals surface area (Å²) in [4.78, 5) is 27.0. The number of aromatic nitrogens is 4. The number of amides is 1. The molecule has 0 atom stereocenters. The van der Waals surface area contributed by atoms with Gasteiger partial charge in [0, 0.05) is 55.0 Å². The summed E-state index contributed by atoms with van der Waals surface area (Å²) >= 11 is 0. The van der Waals surface area contributed by atoms with Crippen LogP contribution in [0.25, 0.3) is 11.3 Å². The van der Waals surface area contributed by atoms with Crippen LogP contribution >= 0.6 is 0 Å². The number of aryl methyl sites for hydroxylation is 3. The topological polar surface area (TPSA) is 79.2 Å². The van der Waals surface area contributed by atoms with Gasteiger partial charge in [0.1, 0.15) is 0 Å². The number of anilines is 3. The first kappa shape index (κ1) is 26.0. The maximum Gasteiger partial charge on any atom is 0.258 e. The van der Waals surface area contributed by atoms with Crippen molar-refractivity contribution in [2.75, 3.05) is 36.4 Å². The van der Waals surface area contributed by atoms with E-state index in [4.69, 9.17) is 0 Å². The van der Waals surface area contributed by atoms with E-state index in [2.05, 4.69) is 39.1 Å². The van der Waals surface area contributed by atoms with Crippen molar-refractivity contribution >= 4 is 23.2 Å². The van der Waals surface area contributed by atoms with Gasteiger partial charge in [-0.05, 0) is 68.4 Å². The van der Waals surface area contributed by atoms with E-state index < -0.39 is 0 Å². The van der Waals surface area contributed by atoms with E-state index in [9.17, 15) is 4.79 Å². The highest BCUT2D eigenvalue weighted by atomic mass is 16.2. The van der Waals surface area contributed by atoms with Crippen molar-refractivity contribution in [1.82, 2.24) is 24.6 Å². The summed E-state index contributed by atoms with van der Waals surface area (Å²) in [6.45, 7) is 11.7. The normalized spacial score (nSPS) is 11.1. The fourth-order valence-corrected chi connectivity index (χ4v) is 4.30. The van der Waals surface area contributed by atoms with Gasteiger partial charge in [-0.1, -0.05) is 32.0 Å². The number of rotatable bonds is 10. The fourth-order valence-electron chi connectivity index (χ4n) is 4.30. The van der Waals surface area contributed by atoms with Crippen LogP contribution in [0.3, 0.4) is 0 Å². The summed E-state index contributed by atoms with van der Waals surface area (Å²) in [6, 6.07) is 15.5. The van der Waals surface area contributed by atoms with Crippen molar-refractivity contribution in [3.8, 4) is 11.3 Å². The van der Waals surface area contributed by atoms with Gasteiger partial charge in [-0.15, -0.1) is 0 Å². The predicted octanol–water partition coefficient (Wildman–Crippen LogP) is 5.23. The van der Waals surface area contributed by atoms with Crippen LogP contribution in [-0.2, 0) is 7.05 Å². The van der Waals surface area contributed by atoms with Crippen LogP contribution in [0.5, 0.6) is 0 Å². The lowest BCUT2D eigenvalue weighted by Crippen LogP contribution is -2.39. The first-order valence-corrected chi connectivity index (χ1v) is 12.7. The number of hydrogen-bond acceptors (Lipinski definition) is 6. The fraction of sp³-hybridized carbons (Fsp3) is 0.310. The van der Waals surface area contributed by atoms with Gasteiger partial charge in [0.25, 0.3) is 5.91 Å². The molecule has 1 amide bonds. The smallest absolute Gasteiger partial charge is 0.258 e. The van der Waals surface area contributed by atoms with Gasteiger partial charge in [0.15, 0.2) is 0 Å². The summed E-state index contributed by atoms with van der Waals surface area (Å²) in [5.74, 6) is 0.475. The van der Waals surface area contributed by atoms with Gasteiger partial charge in [0.05, 0.1) is 11.9 Å². The Morgan fingerprint density at radius 2 is 1.68 bits per heavy atom. The number of carbonyl (C=O) groups is 1. The van der Waals surface area contributed by atoms with Crippen molar-refractivity contribution in [3.63, 3.8) is 0 Å². The number of para-hydroxylation sites is 1. The molecule has 8 heteroatoms. The second-order valence-corrected chi connectivity index (χ2v) is 9.10. The Bertz CT molecular complexity index is 1340. The molecule has 192 valence electrons. The number of nitrogens with zero attached hydrogens (tertiary/aromatic N) is 6. The SMILES string of the molecule is CCN(CC)CCN(C(=O)c1ccc(Nc2ncc(C)c(-c3cnn(C)c3)n2)cc1)c1ccccc1C. The summed E-state index contributed by atoms with van der Waals surface area (Å²) in [5, 5.41) is 7.50. The van der Waals surface area contributed by atoms with Crippen LogP contribution in [0.2, 0.25) is 0 Å². The average molecular weight is 498 g/mol. The Hall–Kier alpha value is -4.04. The van der Waals surface area contributed by atoms with Crippen molar-refractivity contribution in [1.29, 1.82) is 0 Å². The van der Waals surface area contributed by atoms with E-state index in [1.54, 1.807) is 17.1 Å². The third-order valence-electron chi connectivity index (χ3n) is 6.52. The van der Waals surface area contributed by atoms with Gasteiger partial charge in [-0.3, -0.25) is 9.48 Å². The molecule has 1 N–H and O–H groups in total. The van der Waals surface area contributed by atoms with E-state index >= 15 is 0 Å². The average Bonchev–Trinajstić information content (AvgIpc) is 3.34. The molecule has 0 unspecified atom stereocenters. The predicted molar refractivity (Wildman–Crippen MR) is 149 cm³/mol. The van der Waals surface area contributed by atoms with E-state index in [-0.39, 0.29) is 5.91 Å². The van der Waals surface area contributed by atoms with E-state index in [0.717, 1.165) is 53.4 Å². The lowest BCUT2D eigenvalue weighted by atomic mass is 10.1. The molecule has 0 saturated carbocycles. The zero-order valence-corrected chi connectivity index (χ0v) is 22.3. The molecular weight excluding hydrogens is 462 g/mol. The minimum absolute atomic E-state index is 0.0153. The van der Waals surface area contributed by atoms with Crippen LogP contribution in [0.4, 0.5) is 17.3 Å². The van der Waals surface area contributed by atoms with Crippen LogP contribution in [-0.4, -0.2) is 56.7 Å². The zero-order valence-electron chi connectivity index (χ0n) is 22.3. The van der Waals surface area contributed by atoms with E-state index in [1.165, 1.54) is 0 Å². The number of hydrogen-bond donors (Lipinski definition) is 1. The third-order valence-corrected chi connectivity index (χ3v) is 6.52. The molecule has 2 heterocycles. The lowest BCUT2D eigenvalue weighted by molar-refractivity contribution is 0.0983. The number of benzene rings is 2. The first-order chi connectivity index (χ1) is 17.9. The van der Waals surface area contributed by atoms with Gasteiger partial charge >= 0.3 is 0 Å². The molecule has 0 aliphatic carbocycles. The molecule has 2 aromatic heterocycles. The molecule has 37 heavy (non-hydrogen) atoms. The Morgan fingerprint density at radius 3 is 2.32 bits per heavy atom. The Labute approximate surface area is 219 Å². The standard InChI is InChI=1S/C29H35N7O/c1-6-35(7-2)16-17-36(26-11-9-8-10-21(26)3)28(37)23-12-14-25(15-13-23)32-29-30-18-22(4)27(33-29)24-19-31-34(5)20-24/h8-15,18-20H,6-7,16-17H2,1-5H3,(H,30,32,33). The largest absolute Gasteiger partial charge is 0.324 e. The molecule has 4 aromatic rings. The Balaban J connectivity index is 1.53. The van der Waals surface area contributed by atoms with E-state index in [0.29, 0.717) is 18.1 Å². The zero-order chi connectivity index (χ0) is 26.4. The summed E-state index contributed by atoms with van der Waals surface area (Å²) in [7, 11) is 1.88. The molecule has 0 fully saturated rings. The second-order valence-electron chi connectivity index (χ2n) is 9.10. The maximum absolute atomic E-state index is 13.7. The van der Waals surface area contributed by atoms with E-state index in [1.807, 2.05) is 80.5 Å². The van der Waals surface area contributed by atoms with Gasteiger partial charge < -0.3 is 15.1 Å². The molecule has 0 aliphatic heterocycles. The van der Waals surface area contributed by atoms with Gasteiger partial charge in [-0.25, -0.2) is 9.97 Å². The molecule has 0 bridgehead atoms.